The molecule has 0 aliphatic rings. The molecule has 0 radical (unpaired) electrons. The Balaban J connectivity index is 2.56. The van der Waals surface area contributed by atoms with E-state index >= 15 is 0 Å². The summed E-state index contributed by atoms with van der Waals surface area (Å²) in [5.41, 5.74) is 6.27. The van der Waals surface area contributed by atoms with Crippen LogP contribution in [-0.2, 0) is 10.2 Å². The highest BCUT2D eigenvalue weighted by atomic mass is 16.1. The number of fused-ring (bicyclic) bond motifs is 1. The molecular weight excluding hydrogens is 272 g/mol. The first kappa shape index (κ1) is 16.5. The lowest BCUT2D eigenvalue weighted by molar-refractivity contribution is -0.125. The molecule has 0 saturated carbocycles. The van der Waals surface area contributed by atoms with Crippen LogP contribution in [0.25, 0.3) is 10.8 Å². The van der Waals surface area contributed by atoms with Crippen LogP contribution in [0.3, 0.4) is 0 Å². The zero-order valence-corrected chi connectivity index (χ0v) is 14.0. The number of hydrogen-bond acceptors (Lipinski definition) is 2. The molecule has 0 heterocycles. The van der Waals surface area contributed by atoms with Crippen LogP contribution in [0, 0.1) is 5.92 Å². The van der Waals surface area contributed by atoms with Crippen LogP contribution in [0.15, 0.2) is 42.5 Å². The number of nitrogens with two attached hydrogens (primary N) is 1. The minimum atomic E-state index is -0.631. The predicted molar refractivity (Wildman–Crippen MR) is 92.8 cm³/mol. The lowest BCUT2D eigenvalue weighted by Crippen LogP contribution is -2.47. The van der Waals surface area contributed by atoms with E-state index in [1.54, 1.807) is 0 Å². The van der Waals surface area contributed by atoms with Gasteiger partial charge in [-0.25, -0.2) is 0 Å². The van der Waals surface area contributed by atoms with Crippen molar-refractivity contribution in [3.05, 3.63) is 48.0 Å². The van der Waals surface area contributed by atoms with Crippen LogP contribution in [0.5, 0.6) is 0 Å². The zero-order chi connectivity index (χ0) is 16.3. The molecule has 118 valence electrons. The normalized spacial score (nSPS) is 14.5. The van der Waals surface area contributed by atoms with E-state index in [9.17, 15) is 4.79 Å². The van der Waals surface area contributed by atoms with Crippen LogP contribution in [-0.4, -0.2) is 31.4 Å². The number of carbonyl (C=O) groups is 1. The van der Waals surface area contributed by atoms with Crippen LogP contribution in [0.2, 0.25) is 0 Å². The Bertz CT molecular complexity index is 663. The molecule has 0 fully saturated rings. The standard InChI is InChI=1S/C19H26N2O/c1-14(2)19(18(20)22,11-12-21(3)4)17-10-9-15-7-5-6-8-16(15)13-17/h5-10,13-14H,11-12H2,1-4H3,(H2,20,22)/t19-/m0/s1. The van der Waals surface area contributed by atoms with Crippen LogP contribution >= 0.6 is 0 Å². The number of primary amides is 1. The van der Waals surface area contributed by atoms with E-state index in [4.69, 9.17) is 5.73 Å². The summed E-state index contributed by atoms with van der Waals surface area (Å²) >= 11 is 0. The Labute approximate surface area is 133 Å². The smallest absolute Gasteiger partial charge is 0.228 e. The molecule has 22 heavy (non-hydrogen) atoms. The van der Waals surface area contributed by atoms with Crippen molar-refractivity contribution >= 4 is 16.7 Å². The van der Waals surface area contributed by atoms with Gasteiger partial charge in [-0.15, -0.1) is 0 Å². The highest BCUT2D eigenvalue weighted by Crippen LogP contribution is 2.37. The summed E-state index contributed by atoms with van der Waals surface area (Å²) in [5, 5.41) is 2.33. The summed E-state index contributed by atoms with van der Waals surface area (Å²) in [4.78, 5) is 14.5. The second-order valence-corrected chi connectivity index (χ2v) is 6.61. The molecule has 2 rings (SSSR count). The van der Waals surface area contributed by atoms with E-state index in [0.29, 0.717) is 0 Å². The molecule has 2 aromatic carbocycles. The van der Waals surface area contributed by atoms with Gasteiger partial charge in [-0.1, -0.05) is 56.3 Å². The molecule has 2 aromatic rings. The van der Waals surface area contributed by atoms with Crippen molar-refractivity contribution in [2.45, 2.75) is 25.7 Å². The van der Waals surface area contributed by atoms with Crippen LogP contribution in [0.4, 0.5) is 0 Å². The number of amides is 1. The van der Waals surface area contributed by atoms with E-state index in [-0.39, 0.29) is 11.8 Å². The minimum Gasteiger partial charge on any atom is -0.369 e. The average Bonchev–Trinajstić information content (AvgIpc) is 2.46. The predicted octanol–water partition coefficient (Wildman–Crippen LogP) is 3.17. The fourth-order valence-electron chi connectivity index (χ4n) is 3.18. The zero-order valence-electron chi connectivity index (χ0n) is 14.0. The SMILES string of the molecule is CC(C)[C@](CCN(C)C)(C(N)=O)c1ccc2ccccc2c1. The first-order valence-electron chi connectivity index (χ1n) is 7.82. The van der Waals surface area contributed by atoms with E-state index in [1.807, 2.05) is 26.2 Å². The van der Waals surface area contributed by atoms with Crippen molar-refractivity contribution in [3.8, 4) is 0 Å². The van der Waals surface area contributed by atoms with Gasteiger partial charge in [0.1, 0.15) is 0 Å². The van der Waals surface area contributed by atoms with Crippen molar-refractivity contribution in [1.29, 1.82) is 0 Å². The molecule has 1 atom stereocenters. The van der Waals surface area contributed by atoms with Crippen LogP contribution < -0.4 is 5.73 Å². The van der Waals surface area contributed by atoms with Crippen molar-refractivity contribution in [2.24, 2.45) is 11.7 Å². The fraction of sp³-hybridized carbons (Fsp3) is 0.421. The average molecular weight is 298 g/mol. The molecule has 0 bridgehead atoms. The number of nitrogens with zero attached hydrogens (tertiary/aromatic N) is 1. The van der Waals surface area contributed by atoms with E-state index < -0.39 is 5.41 Å². The van der Waals surface area contributed by atoms with Crippen molar-refractivity contribution in [2.75, 3.05) is 20.6 Å². The molecule has 3 nitrogen and oxygen atoms in total. The Hall–Kier alpha value is -1.87. The first-order chi connectivity index (χ1) is 10.4. The van der Waals surface area contributed by atoms with Crippen molar-refractivity contribution in [3.63, 3.8) is 0 Å². The molecule has 0 aliphatic carbocycles. The summed E-state index contributed by atoms with van der Waals surface area (Å²) in [6.45, 7) is 4.99. The quantitative estimate of drug-likeness (QED) is 0.890. The molecule has 1 amide bonds. The maximum atomic E-state index is 12.4. The third-order valence-electron chi connectivity index (χ3n) is 4.64. The summed E-state index contributed by atoms with van der Waals surface area (Å²) in [6, 6.07) is 14.5. The number of carbonyl (C=O) groups excluding carboxylic acids is 1. The van der Waals surface area contributed by atoms with Gasteiger partial charge in [0.2, 0.25) is 5.91 Å². The Kier molecular flexibility index (Phi) is 4.87. The number of benzene rings is 2. The van der Waals surface area contributed by atoms with E-state index in [1.165, 1.54) is 5.39 Å². The van der Waals surface area contributed by atoms with Gasteiger partial charge in [0.05, 0.1) is 5.41 Å². The second-order valence-electron chi connectivity index (χ2n) is 6.61. The Morgan fingerprint density at radius 2 is 1.77 bits per heavy atom. The van der Waals surface area contributed by atoms with Crippen LogP contribution in [0.1, 0.15) is 25.8 Å². The summed E-state index contributed by atoms with van der Waals surface area (Å²) in [6.07, 6.45) is 0.728. The summed E-state index contributed by atoms with van der Waals surface area (Å²) in [7, 11) is 4.04. The first-order valence-corrected chi connectivity index (χ1v) is 7.82. The molecule has 0 unspecified atom stereocenters. The van der Waals surface area contributed by atoms with Crippen molar-refractivity contribution < 1.29 is 4.79 Å². The maximum Gasteiger partial charge on any atom is 0.228 e. The number of hydrogen-bond donors (Lipinski definition) is 1. The lowest BCUT2D eigenvalue weighted by Gasteiger charge is -2.36. The minimum absolute atomic E-state index is 0.145. The lowest BCUT2D eigenvalue weighted by atomic mass is 9.68. The highest BCUT2D eigenvalue weighted by molar-refractivity contribution is 5.90. The fourth-order valence-corrected chi connectivity index (χ4v) is 3.18. The Morgan fingerprint density at radius 3 is 2.32 bits per heavy atom. The van der Waals surface area contributed by atoms with Crippen molar-refractivity contribution in [1.82, 2.24) is 4.90 Å². The largest absolute Gasteiger partial charge is 0.369 e. The molecule has 0 aromatic heterocycles. The van der Waals surface area contributed by atoms with Gasteiger partial charge >= 0.3 is 0 Å². The number of rotatable bonds is 6. The van der Waals surface area contributed by atoms with Gasteiger partial charge in [-0.05, 0) is 49.3 Å². The third kappa shape index (κ3) is 3.00. The molecule has 2 N–H and O–H groups in total. The third-order valence-corrected chi connectivity index (χ3v) is 4.64. The van der Waals surface area contributed by atoms with E-state index in [0.717, 1.165) is 23.9 Å². The van der Waals surface area contributed by atoms with Gasteiger partial charge in [-0.3, -0.25) is 4.79 Å². The molecule has 0 saturated heterocycles. The van der Waals surface area contributed by atoms with Gasteiger partial charge < -0.3 is 10.6 Å². The maximum absolute atomic E-state index is 12.4. The van der Waals surface area contributed by atoms with Gasteiger partial charge in [0, 0.05) is 0 Å². The van der Waals surface area contributed by atoms with E-state index in [2.05, 4.69) is 49.1 Å². The monoisotopic (exact) mass is 298 g/mol. The summed E-state index contributed by atoms with van der Waals surface area (Å²) < 4.78 is 0. The molecule has 0 aliphatic heterocycles. The van der Waals surface area contributed by atoms with Gasteiger partial charge in [0.25, 0.3) is 0 Å². The summed E-state index contributed by atoms with van der Waals surface area (Å²) in [5.74, 6) is -0.0919. The van der Waals surface area contributed by atoms with Gasteiger partial charge in [0.15, 0.2) is 0 Å². The topological polar surface area (TPSA) is 46.3 Å². The highest BCUT2D eigenvalue weighted by Gasteiger charge is 2.41. The molecule has 3 heteroatoms. The van der Waals surface area contributed by atoms with Gasteiger partial charge in [-0.2, -0.15) is 0 Å². The molecule has 0 spiro atoms. The molecular formula is C19H26N2O. The Morgan fingerprint density at radius 1 is 1.14 bits per heavy atom. The second kappa shape index (κ2) is 6.49.